The molecule has 1 fully saturated rings. The van der Waals surface area contributed by atoms with Crippen molar-refractivity contribution in [3.8, 4) is 5.75 Å². The van der Waals surface area contributed by atoms with Crippen LogP contribution in [0.25, 0.3) is 0 Å². The highest BCUT2D eigenvalue weighted by Crippen LogP contribution is 2.43. The van der Waals surface area contributed by atoms with Crippen molar-refractivity contribution >= 4 is 11.8 Å². The van der Waals surface area contributed by atoms with Gasteiger partial charge in [-0.3, -0.25) is 14.8 Å². The maximum Gasteiger partial charge on any atom is 0.274 e. The standard InChI is InChI=1S/C19H26N2O4/c1-12(2)15-11-25-16-9-13(17(22)20-24)5-6-14(16)10-21(15)18(23)19(3)7-4-8-19/h5-6,9,12,15,24H,4,7-8,10-11H2,1-3H3,(H,20,22). The molecule has 136 valence electrons. The Morgan fingerprint density at radius 3 is 2.64 bits per heavy atom. The van der Waals surface area contributed by atoms with Crippen LogP contribution < -0.4 is 10.2 Å². The number of fused-ring (bicyclic) bond motifs is 1. The minimum Gasteiger partial charge on any atom is -0.491 e. The van der Waals surface area contributed by atoms with Gasteiger partial charge in [0.2, 0.25) is 5.91 Å². The zero-order valence-corrected chi connectivity index (χ0v) is 15.0. The van der Waals surface area contributed by atoms with E-state index in [4.69, 9.17) is 9.94 Å². The van der Waals surface area contributed by atoms with Gasteiger partial charge in [-0.05, 0) is 30.9 Å². The van der Waals surface area contributed by atoms with Crippen molar-refractivity contribution in [1.29, 1.82) is 0 Å². The molecule has 6 heteroatoms. The van der Waals surface area contributed by atoms with Crippen LogP contribution in [-0.4, -0.2) is 34.6 Å². The molecule has 1 aromatic carbocycles. The summed E-state index contributed by atoms with van der Waals surface area (Å²) in [5.41, 5.74) is 2.59. The Morgan fingerprint density at radius 1 is 1.36 bits per heavy atom. The summed E-state index contributed by atoms with van der Waals surface area (Å²) in [5, 5.41) is 8.81. The van der Waals surface area contributed by atoms with Gasteiger partial charge in [0, 0.05) is 23.1 Å². The van der Waals surface area contributed by atoms with Gasteiger partial charge in [0.25, 0.3) is 5.91 Å². The minimum atomic E-state index is -0.578. The second kappa shape index (κ2) is 6.67. The van der Waals surface area contributed by atoms with E-state index < -0.39 is 5.91 Å². The van der Waals surface area contributed by atoms with Crippen LogP contribution >= 0.6 is 0 Å². The summed E-state index contributed by atoms with van der Waals surface area (Å²) in [5.74, 6) is 0.486. The Hall–Kier alpha value is -2.08. The van der Waals surface area contributed by atoms with E-state index in [1.54, 1.807) is 23.7 Å². The predicted molar refractivity (Wildman–Crippen MR) is 92.3 cm³/mol. The molecule has 0 radical (unpaired) electrons. The maximum absolute atomic E-state index is 13.2. The summed E-state index contributed by atoms with van der Waals surface area (Å²) in [7, 11) is 0. The lowest BCUT2D eigenvalue weighted by Crippen LogP contribution is -2.52. The largest absolute Gasteiger partial charge is 0.491 e. The molecule has 0 bridgehead atoms. The van der Waals surface area contributed by atoms with Crippen molar-refractivity contribution in [2.24, 2.45) is 11.3 Å². The van der Waals surface area contributed by atoms with Gasteiger partial charge in [-0.25, -0.2) is 5.48 Å². The normalized spacial score (nSPS) is 21.6. The van der Waals surface area contributed by atoms with Crippen LogP contribution in [0.4, 0.5) is 0 Å². The number of benzene rings is 1. The molecule has 25 heavy (non-hydrogen) atoms. The third-order valence-electron chi connectivity index (χ3n) is 5.59. The third kappa shape index (κ3) is 3.23. The molecule has 1 aliphatic carbocycles. The molecule has 1 aliphatic heterocycles. The molecule has 6 nitrogen and oxygen atoms in total. The smallest absolute Gasteiger partial charge is 0.274 e. The summed E-state index contributed by atoms with van der Waals surface area (Å²) >= 11 is 0. The van der Waals surface area contributed by atoms with E-state index in [0.29, 0.717) is 24.5 Å². The van der Waals surface area contributed by atoms with Gasteiger partial charge in [0.05, 0.1) is 6.04 Å². The average Bonchev–Trinajstić information content (AvgIpc) is 2.77. The fourth-order valence-corrected chi connectivity index (χ4v) is 3.63. The van der Waals surface area contributed by atoms with Crippen LogP contribution in [0.15, 0.2) is 18.2 Å². The van der Waals surface area contributed by atoms with Crippen molar-refractivity contribution in [3.05, 3.63) is 29.3 Å². The van der Waals surface area contributed by atoms with Crippen LogP contribution in [0.5, 0.6) is 5.75 Å². The zero-order valence-electron chi connectivity index (χ0n) is 15.0. The lowest BCUT2D eigenvalue weighted by Gasteiger charge is -2.43. The topological polar surface area (TPSA) is 78.9 Å². The van der Waals surface area contributed by atoms with E-state index in [2.05, 4.69) is 20.8 Å². The molecule has 1 aromatic rings. The molecule has 0 aromatic heterocycles. The Balaban J connectivity index is 1.92. The first-order valence-corrected chi connectivity index (χ1v) is 8.87. The average molecular weight is 346 g/mol. The number of hydrogen-bond donors (Lipinski definition) is 2. The molecule has 2 N–H and O–H groups in total. The first-order valence-electron chi connectivity index (χ1n) is 8.87. The second-order valence-corrected chi connectivity index (χ2v) is 7.73. The number of hydroxylamine groups is 1. The SMILES string of the molecule is CC(C)C1COc2cc(C(=O)NO)ccc2CN1C(=O)C1(C)CCC1. The number of nitrogens with one attached hydrogen (secondary N) is 1. The van der Waals surface area contributed by atoms with Crippen LogP contribution in [0.1, 0.15) is 56.0 Å². The van der Waals surface area contributed by atoms with Crippen LogP contribution in [0.2, 0.25) is 0 Å². The van der Waals surface area contributed by atoms with Crippen LogP contribution in [0, 0.1) is 11.3 Å². The fraction of sp³-hybridized carbons (Fsp3) is 0.579. The molecular formula is C19H26N2O4. The molecule has 1 atom stereocenters. The Kier molecular flexibility index (Phi) is 4.73. The highest BCUT2D eigenvalue weighted by molar-refractivity contribution is 5.94. The summed E-state index contributed by atoms with van der Waals surface area (Å²) in [6.07, 6.45) is 2.99. The molecule has 2 aliphatic rings. The van der Waals surface area contributed by atoms with Gasteiger partial charge in [-0.2, -0.15) is 0 Å². The minimum absolute atomic E-state index is 0.00700. The number of hydrogen-bond acceptors (Lipinski definition) is 4. The third-order valence-corrected chi connectivity index (χ3v) is 5.59. The molecular weight excluding hydrogens is 320 g/mol. The monoisotopic (exact) mass is 346 g/mol. The number of carbonyl (C=O) groups excluding carboxylic acids is 2. The molecule has 3 rings (SSSR count). The van der Waals surface area contributed by atoms with Crippen LogP contribution in [-0.2, 0) is 11.3 Å². The van der Waals surface area contributed by atoms with E-state index in [0.717, 1.165) is 24.8 Å². The Labute approximate surface area is 148 Å². The highest BCUT2D eigenvalue weighted by Gasteiger charge is 2.44. The summed E-state index contributed by atoms with van der Waals surface area (Å²) in [6.45, 7) is 7.12. The number of amides is 2. The van der Waals surface area contributed by atoms with E-state index in [1.165, 1.54) is 0 Å². The first-order chi connectivity index (χ1) is 11.9. The Morgan fingerprint density at radius 2 is 2.08 bits per heavy atom. The van der Waals surface area contributed by atoms with Gasteiger partial charge in [0.15, 0.2) is 0 Å². The van der Waals surface area contributed by atoms with Gasteiger partial charge in [-0.1, -0.05) is 33.3 Å². The van der Waals surface area contributed by atoms with E-state index in [9.17, 15) is 9.59 Å². The molecule has 1 heterocycles. The molecule has 1 unspecified atom stereocenters. The maximum atomic E-state index is 13.2. The van der Waals surface area contributed by atoms with Crippen molar-refractivity contribution < 1.29 is 19.5 Å². The van der Waals surface area contributed by atoms with E-state index in [1.807, 2.05) is 4.90 Å². The van der Waals surface area contributed by atoms with Crippen molar-refractivity contribution in [2.45, 2.75) is 52.6 Å². The second-order valence-electron chi connectivity index (χ2n) is 7.73. The van der Waals surface area contributed by atoms with E-state index >= 15 is 0 Å². The molecule has 0 spiro atoms. The number of rotatable bonds is 3. The lowest BCUT2D eigenvalue weighted by molar-refractivity contribution is -0.150. The summed E-state index contributed by atoms with van der Waals surface area (Å²) in [4.78, 5) is 26.8. The molecule has 2 amide bonds. The quantitative estimate of drug-likeness (QED) is 0.651. The summed E-state index contributed by atoms with van der Waals surface area (Å²) in [6, 6.07) is 5.05. The fourth-order valence-electron chi connectivity index (χ4n) is 3.63. The Bertz CT molecular complexity index is 682. The number of carbonyl (C=O) groups is 2. The van der Waals surface area contributed by atoms with Gasteiger partial charge >= 0.3 is 0 Å². The van der Waals surface area contributed by atoms with Gasteiger partial charge < -0.3 is 9.64 Å². The number of nitrogens with zero attached hydrogens (tertiary/aromatic N) is 1. The van der Waals surface area contributed by atoms with E-state index in [-0.39, 0.29) is 23.3 Å². The molecule has 0 saturated heterocycles. The number of ether oxygens (including phenoxy) is 1. The molecule has 1 saturated carbocycles. The van der Waals surface area contributed by atoms with Crippen molar-refractivity contribution in [2.75, 3.05) is 6.61 Å². The highest BCUT2D eigenvalue weighted by atomic mass is 16.5. The first kappa shape index (κ1) is 17.7. The lowest BCUT2D eigenvalue weighted by atomic mass is 9.69. The zero-order chi connectivity index (χ0) is 18.2. The van der Waals surface area contributed by atoms with Gasteiger partial charge in [-0.15, -0.1) is 0 Å². The predicted octanol–water partition coefficient (Wildman–Crippen LogP) is 2.74. The van der Waals surface area contributed by atoms with Crippen molar-refractivity contribution in [3.63, 3.8) is 0 Å². The van der Waals surface area contributed by atoms with Crippen LogP contribution in [0.3, 0.4) is 0 Å². The summed E-state index contributed by atoms with van der Waals surface area (Å²) < 4.78 is 5.95. The van der Waals surface area contributed by atoms with Crippen molar-refractivity contribution in [1.82, 2.24) is 10.4 Å². The van der Waals surface area contributed by atoms with Gasteiger partial charge in [0.1, 0.15) is 12.4 Å².